The van der Waals surface area contributed by atoms with Gasteiger partial charge in [-0.05, 0) is 58.2 Å². The van der Waals surface area contributed by atoms with Crippen molar-refractivity contribution in [1.29, 1.82) is 0 Å². The molecule has 1 saturated heterocycles. The summed E-state index contributed by atoms with van der Waals surface area (Å²) in [5.41, 5.74) is 1.29. The molecule has 0 radical (unpaired) electrons. The van der Waals surface area contributed by atoms with Crippen molar-refractivity contribution in [2.45, 2.75) is 65.9 Å². The third-order valence-electron chi connectivity index (χ3n) is 5.31. The van der Waals surface area contributed by atoms with Crippen molar-refractivity contribution >= 4 is 29.9 Å². The molecule has 0 unspecified atom stereocenters. The quantitative estimate of drug-likeness (QED) is 0.485. The molecule has 0 spiro atoms. The fraction of sp³-hybridized carbons (Fsp3) is 0.565. The van der Waals surface area contributed by atoms with E-state index in [-0.39, 0.29) is 30.4 Å². The molecule has 0 bridgehead atoms. The maximum absolute atomic E-state index is 12.8. The lowest BCUT2D eigenvalue weighted by atomic mass is 9.84. The van der Waals surface area contributed by atoms with Crippen molar-refractivity contribution in [3.05, 3.63) is 28.2 Å². The monoisotopic (exact) mass is 448 g/mol. The summed E-state index contributed by atoms with van der Waals surface area (Å²) in [7, 11) is 2.59. The third-order valence-corrected chi connectivity index (χ3v) is 5.31. The van der Waals surface area contributed by atoms with Gasteiger partial charge < -0.3 is 24.5 Å². The average molecular weight is 449 g/mol. The number of carbonyl (C=O) groups excluding carboxylic acids is 4. The third kappa shape index (κ3) is 5.99. The summed E-state index contributed by atoms with van der Waals surface area (Å²) in [4.78, 5) is 51.7. The molecule has 0 aromatic carbocycles. The zero-order valence-electron chi connectivity index (χ0n) is 19.8. The summed E-state index contributed by atoms with van der Waals surface area (Å²) < 4.78 is 14.9. The lowest BCUT2D eigenvalue weighted by Gasteiger charge is -2.19. The van der Waals surface area contributed by atoms with Crippen LogP contribution in [0, 0.1) is 12.3 Å². The molecule has 0 aliphatic carbocycles. The maximum Gasteiger partial charge on any atom is 0.355 e. The summed E-state index contributed by atoms with van der Waals surface area (Å²) in [5, 5.41) is 2.81. The summed E-state index contributed by atoms with van der Waals surface area (Å²) in [6.07, 6.45) is 2.42. The molecule has 176 valence electrons. The first-order chi connectivity index (χ1) is 14.8. The average Bonchev–Trinajstić information content (AvgIpc) is 3.14. The highest BCUT2D eigenvalue weighted by molar-refractivity contribution is 5.93. The predicted molar refractivity (Wildman–Crippen MR) is 117 cm³/mol. The van der Waals surface area contributed by atoms with Gasteiger partial charge in [0.2, 0.25) is 5.91 Å². The second kappa shape index (κ2) is 9.58. The minimum Gasteiger partial charge on any atom is -0.469 e. The second-order valence-corrected chi connectivity index (χ2v) is 9.21. The van der Waals surface area contributed by atoms with Gasteiger partial charge in [-0.1, -0.05) is 0 Å². The Bertz CT molecular complexity index is 952. The minimum atomic E-state index is -0.916. The number of nitrogens with one attached hydrogen (secondary N) is 2. The van der Waals surface area contributed by atoms with Crippen LogP contribution in [0.2, 0.25) is 0 Å². The van der Waals surface area contributed by atoms with Gasteiger partial charge in [-0.2, -0.15) is 0 Å². The van der Waals surface area contributed by atoms with E-state index in [0.717, 1.165) is 5.56 Å². The number of hydrogen-bond acceptors (Lipinski definition) is 7. The van der Waals surface area contributed by atoms with Crippen molar-refractivity contribution in [2.24, 2.45) is 5.41 Å². The molecule has 32 heavy (non-hydrogen) atoms. The number of aromatic amines is 1. The molecule has 1 aromatic rings. The van der Waals surface area contributed by atoms with E-state index in [1.54, 1.807) is 33.8 Å². The standard InChI is InChI=1S/C23H32N2O7/c1-13-15(8-9-17(26)30-6)19(20(28)32-22(2,3)4)25-16(13)10-14-11-23(5,21(29)24-14)12-18(27)31-7/h10,25H,8-9,11-12H2,1-7H3,(H,24,29)/b14-10-/t23-/m1/s1. The van der Waals surface area contributed by atoms with Gasteiger partial charge in [-0.25, -0.2) is 4.79 Å². The van der Waals surface area contributed by atoms with Crippen molar-refractivity contribution < 1.29 is 33.4 Å². The van der Waals surface area contributed by atoms with Crippen molar-refractivity contribution in [3.8, 4) is 0 Å². The van der Waals surface area contributed by atoms with Gasteiger partial charge in [0.25, 0.3) is 0 Å². The Morgan fingerprint density at radius 3 is 2.31 bits per heavy atom. The van der Waals surface area contributed by atoms with Crippen LogP contribution in [0.25, 0.3) is 6.08 Å². The number of amides is 1. The van der Waals surface area contributed by atoms with E-state index >= 15 is 0 Å². The van der Waals surface area contributed by atoms with Crippen LogP contribution in [0.3, 0.4) is 0 Å². The van der Waals surface area contributed by atoms with E-state index in [2.05, 4.69) is 10.3 Å². The molecular weight excluding hydrogens is 416 g/mol. The molecule has 1 amide bonds. The van der Waals surface area contributed by atoms with Gasteiger partial charge in [-0.3, -0.25) is 14.4 Å². The minimum absolute atomic E-state index is 0.0378. The van der Waals surface area contributed by atoms with E-state index in [9.17, 15) is 19.2 Å². The lowest BCUT2D eigenvalue weighted by Crippen LogP contribution is -2.30. The number of aromatic nitrogens is 1. The molecule has 1 fully saturated rings. The highest BCUT2D eigenvalue weighted by Gasteiger charge is 2.42. The Balaban J connectivity index is 2.39. The van der Waals surface area contributed by atoms with Gasteiger partial charge in [0.15, 0.2) is 0 Å². The highest BCUT2D eigenvalue weighted by atomic mass is 16.6. The lowest BCUT2D eigenvalue weighted by molar-refractivity contribution is -0.146. The summed E-state index contributed by atoms with van der Waals surface area (Å²) in [6, 6.07) is 0. The van der Waals surface area contributed by atoms with Gasteiger partial charge in [0, 0.05) is 24.2 Å². The first kappa shape index (κ1) is 25.2. The molecule has 9 heteroatoms. The topological polar surface area (TPSA) is 124 Å². The Morgan fingerprint density at radius 2 is 1.75 bits per heavy atom. The van der Waals surface area contributed by atoms with E-state index < -0.39 is 23.0 Å². The van der Waals surface area contributed by atoms with Crippen LogP contribution in [0.4, 0.5) is 0 Å². The Kier molecular flexibility index (Phi) is 7.54. The molecule has 1 aliphatic heterocycles. The normalized spacial score (nSPS) is 19.6. The van der Waals surface area contributed by atoms with Gasteiger partial charge in [-0.15, -0.1) is 0 Å². The summed E-state index contributed by atoms with van der Waals surface area (Å²) in [5.74, 6) is -1.65. The number of esters is 3. The number of ether oxygens (including phenoxy) is 3. The Hall–Kier alpha value is -3.10. The second-order valence-electron chi connectivity index (χ2n) is 9.21. The van der Waals surface area contributed by atoms with Crippen LogP contribution in [0.15, 0.2) is 5.70 Å². The van der Waals surface area contributed by atoms with Crippen LogP contribution in [-0.2, 0) is 35.0 Å². The van der Waals surface area contributed by atoms with E-state index in [0.29, 0.717) is 29.8 Å². The summed E-state index contributed by atoms with van der Waals surface area (Å²) in [6.45, 7) is 8.85. The largest absolute Gasteiger partial charge is 0.469 e. The Morgan fingerprint density at radius 1 is 1.12 bits per heavy atom. The molecule has 2 rings (SSSR count). The van der Waals surface area contributed by atoms with Crippen LogP contribution in [0.1, 0.15) is 74.3 Å². The van der Waals surface area contributed by atoms with Crippen LogP contribution in [-0.4, -0.2) is 48.6 Å². The summed E-state index contributed by atoms with van der Waals surface area (Å²) >= 11 is 0. The molecule has 1 aromatic heterocycles. The molecule has 2 heterocycles. The SMILES string of the molecule is COC(=O)CCc1c(C(=O)OC(C)(C)C)[nH]c(/C=C2/C[C@](C)(CC(=O)OC)C(=O)N2)c1C. The number of carbonyl (C=O) groups is 4. The zero-order valence-corrected chi connectivity index (χ0v) is 19.8. The van der Waals surface area contributed by atoms with E-state index in [1.165, 1.54) is 14.2 Å². The molecule has 1 aliphatic rings. The predicted octanol–water partition coefficient (Wildman–Crippen LogP) is 2.81. The number of allylic oxidation sites excluding steroid dienone is 1. The van der Waals surface area contributed by atoms with Crippen LogP contribution >= 0.6 is 0 Å². The van der Waals surface area contributed by atoms with E-state index in [1.807, 2.05) is 6.92 Å². The smallest absolute Gasteiger partial charge is 0.355 e. The van der Waals surface area contributed by atoms with Gasteiger partial charge >= 0.3 is 17.9 Å². The number of methoxy groups -OCH3 is 2. The van der Waals surface area contributed by atoms with Gasteiger partial charge in [0.1, 0.15) is 11.3 Å². The molecule has 0 saturated carbocycles. The van der Waals surface area contributed by atoms with Gasteiger partial charge in [0.05, 0.1) is 26.1 Å². The zero-order chi connectivity index (χ0) is 24.3. The molecule has 2 N–H and O–H groups in total. The highest BCUT2D eigenvalue weighted by Crippen LogP contribution is 2.36. The number of rotatable bonds is 7. The van der Waals surface area contributed by atoms with Crippen molar-refractivity contribution in [1.82, 2.24) is 10.3 Å². The fourth-order valence-corrected chi connectivity index (χ4v) is 3.58. The molecule has 1 atom stereocenters. The Labute approximate surface area is 187 Å². The first-order valence-corrected chi connectivity index (χ1v) is 10.4. The van der Waals surface area contributed by atoms with Crippen LogP contribution in [0.5, 0.6) is 0 Å². The number of hydrogen-bond donors (Lipinski definition) is 2. The van der Waals surface area contributed by atoms with Crippen LogP contribution < -0.4 is 5.32 Å². The first-order valence-electron chi connectivity index (χ1n) is 10.4. The number of H-pyrrole nitrogens is 1. The molecular formula is C23H32N2O7. The van der Waals surface area contributed by atoms with Crippen molar-refractivity contribution in [3.63, 3.8) is 0 Å². The maximum atomic E-state index is 12.8. The molecule has 9 nitrogen and oxygen atoms in total. The fourth-order valence-electron chi connectivity index (χ4n) is 3.58. The van der Waals surface area contributed by atoms with Crippen molar-refractivity contribution in [2.75, 3.05) is 14.2 Å². The van der Waals surface area contributed by atoms with E-state index in [4.69, 9.17) is 14.2 Å².